The highest BCUT2D eigenvalue weighted by Gasteiger charge is 2.54. The van der Waals surface area contributed by atoms with Gasteiger partial charge in [-0.05, 0) is 56.3 Å². The molecule has 0 bridgehead atoms. The summed E-state index contributed by atoms with van der Waals surface area (Å²) >= 11 is 1.61. The van der Waals surface area contributed by atoms with Gasteiger partial charge >= 0.3 is 6.03 Å². The number of fused-ring (bicyclic) bond motifs is 2. The van der Waals surface area contributed by atoms with Gasteiger partial charge < -0.3 is 10.4 Å². The number of rotatable bonds is 3. The Balaban J connectivity index is 1.35. The summed E-state index contributed by atoms with van der Waals surface area (Å²) in [5.41, 5.74) is 1.17. The number of anilines is 1. The summed E-state index contributed by atoms with van der Waals surface area (Å²) in [4.78, 5) is 18.0. The molecule has 2 saturated carbocycles. The molecular formula is C15H21N3O2S. The maximum atomic E-state index is 12.1. The lowest BCUT2D eigenvalue weighted by atomic mass is 10.0. The normalized spacial score (nSPS) is 33.2. The second-order valence-electron chi connectivity index (χ2n) is 6.54. The van der Waals surface area contributed by atoms with Gasteiger partial charge in [-0.25, -0.2) is 9.78 Å². The molecule has 5 nitrogen and oxygen atoms in total. The van der Waals surface area contributed by atoms with E-state index in [0.717, 1.165) is 30.8 Å². The van der Waals surface area contributed by atoms with Crippen LogP contribution in [0, 0.1) is 17.8 Å². The van der Waals surface area contributed by atoms with Crippen molar-refractivity contribution in [3.63, 3.8) is 0 Å². The molecule has 4 rings (SSSR count). The lowest BCUT2D eigenvalue weighted by molar-refractivity contribution is 0.209. The number of hydrogen-bond acceptors (Lipinski definition) is 4. The van der Waals surface area contributed by atoms with Crippen molar-refractivity contribution >= 4 is 22.5 Å². The van der Waals surface area contributed by atoms with Crippen molar-refractivity contribution in [3.05, 3.63) is 10.6 Å². The van der Waals surface area contributed by atoms with Gasteiger partial charge in [0.15, 0.2) is 5.13 Å². The van der Waals surface area contributed by atoms with Crippen LogP contribution in [0.1, 0.15) is 36.3 Å². The molecule has 3 aliphatic rings. The maximum Gasteiger partial charge on any atom is 0.321 e. The van der Waals surface area contributed by atoms with Crippen LogP contribution in [0.3, 0.4) is 0 Å². The van der Waals surface area contributed by atoms with Gasteiger partial charge in [0, 0.05) is 17.5 Å². The number of nitrogens with zero attached hydrogens (tertiary/aromatic N) is 1. The van der Waals surface area contributed by atoms with Crippen LogP contribution in [0.5, 0.6) is 0 Å². The van der Waals surface area contributed by atoms with E-state index >= 15 is 0 Å². The third-order valence-corrected chi connectivity index (χ3v) is 6.26. The van der Waals surface area contributed by atoms with Crippen LogP contribution in [-0.4, -0.2) is 28.8 Å². The van der Waals surface area contributed by atoms with Crippen molar-refractivity contribution in [3.8, 4) is 0 Å². The molecule has 3 N–H and O–H groups in total. The van der Waals surface area contributed by atoms with Crippen LogP contribution in [0.4, 0.5) is 9.93 Å². The topological polar surface area (TPSA) is 74.2 Å². The number of aryl methyl sites for hydroxylation is 2. The van der Waals surface area contributed by atoms with Gasteiger partial charge in [0.05, 0.1) is 5.69 Å². The lowest BCUT2D eigenvalue weighted by Crippen LogP contribution is -2.38. The van der Waals surface area contributed by atoms with Crippen molar-refractivity contribution < 1.29 is 9.90 Å². The van der Waals surface area contributed by atoms with Crippen LogP contribution < -0.4 is 10.6 Å². The monoisotopic (exact) mass is 307 g/mol. The number of amides is 2. The smallest absolute Gasteiger partial charge is 0.321 e. The molecule has 6 heteroatoms. The fraction of sp³-hybridized carbons (Fsp3) is 0.733. The van der Waals surface area contributed by atoms with E-state index in [1.165, 1.54) is 23.4 Å². The summed E-state index contributed by atoms with van der Waals surface area (Å²) in [6.45, 7) is 0.250. The Morgan fingerprint density at radius 1 is 1.29 bits per heavy atom. The number of carbonyl (C=O) groups excluding carboxylic acids is 1. The minimum atomic E-state index is -0.143. The summed E-state index contributed by atoms with van der Waals surface area (Å²) in [6.07, 6.45) is 6.64. The van der Waals surface area contributed by atoms with Crippen LogP contribution in [-0.2, 0) is 12.8 Å². The summed E-state index contributed by atoms with van der Waals surface area (Å²) in [6, 6.07) is 0.0806. The van der Waals surface area contributed by atoms with Crippen molar-refractivity contribution in [1.29, 1.82) is 0 Å². The highest BCUT2D eigenvalue weighted by Crippen LogP contribution is 2.55. The predicted octanol–water partition coefficient (Wildman–Crippen LogP) is 2.16. The number of nitrogens with one attached hydrogen (secondary N) is 2. The molecule has 2 amide bonds. The van der Waals surface area contributed by atoms with E-state index in [1.54, 1.807) is 11.3 Å². The minimum absolute atomic E-state index is 0.143. The Hall–Kier alpha value is -1.14. The molecular weight excluding hydrogens is 286 g/mol. The third-order valence-electron chi connectivity index (χ3n) is 5.19. The van der Waals surface area contributed by atoms with Gasteiger partial charge in [-0.15, -0.1) is 11.3 Å². The Bertz CT molecular complexity index is 536. The largest absolute Gasteiger partial charge is 0.396 e. The van der Waals surface area contributed by atoms with Crippen molar-refractivity contribution in [2.24, 2.45) is 17.8 Å². The van der Waals surface area contributed by atoms with Crippen LogP contribution in [0.15, 0.2) is 0 Å². The average molecular weight is 307 g/mol. The first-order chi connectivity index (χ1) is 10.2. The Labute approximate surface area is 128 Å². The molecule has 4 atom stereocenters. The first kappa shape index (κ1) is 13.5. The first-order valence-electron chi connectivity index (χ1n) is 7.91. The number of carbonyl (C=O) groups is 1. The summed E-state index contributed by atoms with van der Waals surface area (Å²) in [7, 11) is 0. The first-order valence-corrected chi connectivity index (χ1v) is 8.73. The second-order valence-corrected chi connectivity index (χ2v) is 7.63. The van der Waals surface area contributed by atoms with Crippen molar-refractivity contribution in [1.82, 2.24) is 10.3 Å². The number of thiazole rings is 1. The van der Waals surface area contributed by atoms with Gasteiger partial charge in [-0.1, -0.05) is 0 Å². The number of aliphatic hydroxyl groups is 1. The molecule has 0 unspecified atom stereocenters. The molecule has 0 radical (unpaired) electrons. The van der Waals surface area contributed by atoms with E-state index in [2.05, 4.69) is 15.6 Å². The second kappa shape index (κ2) is 5.25. The standard InChI is InChI=1S/C15H21N3O2S/c19-7-8-5-12(10-6-9(8)10)16-14(20)18-15-17-11-3-1-2-4-13(11)21-15/h8-10,12,19H,1-7H2,(H2,16,17,18,20)/t8-,9-,10-,12-/m0/s1. The molecule has 21 heavy (non-hydrogen) atoms. The zero-order chi connectivity index (χ0) is 14.4. The molecule has 0 saturated heterocycles. The lowest BCUT2D eigenvalue weighted by Gasteiger charge is -2.16. The molecule has 0 aliphatic heterocycles. The van der Waals surface area contributed by atoms with E-state index in [4.69, 9.17) is 0 Å². The molecule has 1 heterocycles. The molecule has 0 spiro atoms. The van der Waals surface area contributed by atoms with E-state index in [-0.39, 0.29) is 18.7 Å². The van der Waals surface area contributed by atoms with Gasteiger partial charge in [0.1, 0.15) is 0 Å². The number of hydrogen-bond donors (Lipinski definition) is 3. The average Bonchev–Trinajstić information content (AvgIpc) is 3.05. The summed E-state index contributed by atoms with van der Waals surface area (Å²) in [5, 5.41) is 16.0. The van der Waals surface area contributed by atoms with Crippen LogP contribution >= 0.6 is 11.3 Å². The van der Waals surface area contributed by atoms with Gasteiger partial charge in [-0.3, -0.25) is 5.32 Å². The fourth-order valence-electron chi connectivity index (χ4n) is 4.00. The van der Waals surface area contributed by atoms with E-state index in [0.29, 0.717) is 17.8 Å². The third kappa shape index (κ3) is 2.55. The van der Waals surface area contributed by atoms with Crippen LogP contribution in [0.2, 0.25) is 0 Å². The zero-order valence-corrected chi connectivity index (χ0v) is 12.8. The SMILES string of the molecule is O=C(Nc1nc2c(s1)CCCC2)N[C@H]1C[C@@H](CO)[C@@H]2C[C@@H]21. The minimum Gasteiger partial charge on any atom is -0.396 e. The Morgan fingerprint density at radius 2 is 2.14 bits per heavy atom. The fourth-order valence-corrected chi connectivity index (χ4v) is 5.04. The van der Waals surface area contributed by atoms with E-state index in [1.807, 2.05) is 0 Å². The summed E-state index contributed by atoms with van der Waals surface area (Å²) < 4.78 is 0. The van der Waals surface area contributed by atoms with Crippen molar-refractivity contribution in [2.45, 2.75) is 44.6 Å². The molecule has 1 aromatic rings. The van der Waals surface area contributed by atoms with E-state index in [9.17, 15) is 9.90 Å². The Kier molecular flexibility index (Phi) is 3.38. The Morgan fingerprint density at radius 3 is 2.90 bits per heavy atom. The molecule has 0 aromatic carbocycles. The molecule has 114 valence electrons. The molecule has 3 aliphatic carbocycles. The van der Waals surface area contributed by atoms with Gasteiger partial charge in [-0.2, -0.15) is 0 Å². The quantitative estimate of drug-likeness (QED) is 0.801. The highest BCUT2D eigenvalue weighted by molar-refractivity contribution is 7.15. The number of aromatic nitrogens is 1. The molecule has 2 fully saturated rings. The summed E-state index contributed by atoms with van der Waals surface area (Å²) in [5.74, 6) is 1.59. The highest BCUT2D eigenvalue weighted by atomic mass is 32.1. The van der Waals surface area contributed by atoms with Gasteiger partial charge in [0.2, 0.25) is 0 Å². The number of urea groups is 1. The number of aliphatic hydroxyl groups excluding tert-OH is 1. The maximum absolute atomic E-state index is 12.1. The van der Waals surface area contributed by atoms with Gasteiger partial charge in [0.25, 0.3) is 0 Å². The van der Waals surface area contributed by atoms with E-state index < -0.39 is 0 Å². The van der Waals surface area contributed by atoms with Crippen molar-refractivity contribution in [2.75, 3.05) is 11.9 Å². The zero-order valence-electron chi connectivity index (χ0n) is 12.0. The predicted molar refractivity (Wildman–Crippen MR) is 81.5 cm³/mol. The molecule has 1 aromatic heterocycles. The van der Waals surface area contributed by atoms with Crippen LogP contribution in [0.25, 0.3) is 0 Å².